The average molecular weight is 739 g/mol. The summed E-state index contributed by atoms with van der Waals surface area (Å²) in [4.78, 5) is 23.7. The van der Waals surface area contributed by atoms with E-state index in [-0.39, 0.29) is 41.7 Å². The minimum absolute atomic E-state index is 0.00453. The first-order valence-corrected chi connectivity index (χ1v) is 19.4. The van der Waals surface area contributed by atoms with Crippen molar-refractivity contribution in [3.63, 3.8) is 0 Å². The number of nitrogens with one attached hydrogen (secondary N) is 1. The first-order valence-electron chi connectivity index (χ1n) is 17.9. The Kier molecular flexibility index (Phi) is 20.6. The van der Waals surface area contributed by atoms with E-state index in [0.29, 0.717) is 65.9 Å². The predicted octanol–water partition coefficient (Wildman–Crippen LogP) is 5.26. The Labute approximate surface area is 301 Å². The van der Waals surface area contributed by atoms with Crippen LogP contribution in [0.25, 0.3) is 0 Å². The summed E-state index contributed by atoms with van der Waals surface area (Å²) in [6, 6.07) is 9.47. The van der Waals surface area contributed by atoms with Gasteiger partial charge < -0.3 is 33.2 Å². The Morgan fingerprint density at radius 1 is 0.784 bits per heavy atom. The van der Waals surface area contributed by atoms with Crippen LogP contribution >= 0.6 is 0 Å². The smallest absolute Gasteiger partial charge is 0.269 e. The highest BCUT2D eigenvalue weighted by molar-refractivity contribution is 7.90. The number of hydrogen-bond donors (Lipinski definition) is 1. The Morgan fingerprint density at radius 2 is 1.33 bits per heavy atom. The Hall–Kier alpha value is -3.18. The molecule has 0 radical (unpaired) electrons. The number of carbonyl (C=O) groups is 1. The summed E-state index contributed by atoms with van der Waals surface area (Å²) in [6.45, 7) is 6.28. The van der Waals surface area contributed by atoms with Crippen LogP contribution in [0, 0.1) is 10.1 Å². The van der Waals surface area contributed by atoms with Gasteiger partial charge in [-0.15, -0.1) is 0 Å². The number of sulfonamides is 1. The van der Waals surface area contributed by atoms with E-state index in [9.17, 15) is 23.3 Å². The molecule has 1 unspecified atom stereocenters. The molecule has 2 aromatic carbocycles. The molecule has 0 saturated carbocycles. The summed E-state index contributed by atoms with van der Waals surface area (Å²) in [5.74, 6) is -0.717. The lowest BCUT2D eigenvalue weighted by molar-refractivity contribution is -0.384. The number of unbranched alkanes of at least 4 members (excludes halogenated alkanes) is 7. The van der Waals surface area contributed by atoms with E-state index in [4.69, 9.17) is 33.2 Å². The fourth-order valence-corrected chi connectivity index (χ4v) is 6.14. The number of nitro groups is 1. The van der Waals surface area contributed by atoms with Crippen LogP contribution < -0.4 is 9.46 Å². The number of nitro benzene ring substituents is 1. The number of rotatable bonds is 16. The van der Waals surface area contributed by atoms with Gasteiger partial charge >= 0.3 is 0 Å². The molecular formula is C36H54N2O12S. The second-order valence-corrected chi connectivity index (χ2v) is 13.8. The first kappa shape index (κ1) is 42.2. The van der Waals surface area contributed by atoms with Gasteiger partial charge in [-0.05, 0) is 42.7 Å². The minimum atomic E-state index is -4.35. The van der Waals surface area contributed by atoms with Crippen molar-refractivity contribution in [1.82, 2.24) is 4.72 Å². The second-order valence-electron chi connectivity index (χ2n) is 12.1. The highest BCUT2D eigenvalue weighted by Crippen LogP contribution is 2.24. The molecular weight excluding hydrogens is 684 g/mol. The Balaban J connectivity index is 1.69. The molecule has 51 heavy (non-hydrogen) atoms. The maximum absolute atomic E-state index is 13.6. The fourth-order valence-electron chi connectivity index (χ4n) is 5.18. The second kappa shape index (κ2) is 24.9. The fraction of sp³-hybridized carbons (Fsp3) is 0.639. The van der Waals surface area contributed by atoms with E-state index >= 15 is 0 Å². The molecule has 14 nitrogen and oxygen atoms in total. The van der Waals surface area contributed by atoms with Gasteiger partial charge in [0.25, 0.3) is 21.6 Å². The van der Waals surface area contributed by atoms with Gasteiger partial charge in [-0.25, -0.2) is 13.1 Å². The molecule has 1 amide bonds. The Morgan fingerprint density at radius 3 is 1.92 bits per heavy atom. The first-order chi connectivity index (χ1) is 24.8. The van der Waals surface area contributed by atoms with Crippen LogP contribution in [0.4, 0.5) is 5.69 Å². The number of ether oxygens (including phenoxy) is 7. The van der Waals surface area contributed by atoms with Crippen LogP contribution in [0.2, 0.25) is 0 Å². The van der Waals surface area contributed by atoms with E-state index in [1.54, 1.807) is 12.1 Å². The van der Waals surface area contributed by atoms with Gasteiger partial charge in [0.15, 0.2) is 0 Å². The zero-order valence-electron chi connectivity index (χ0n) is 29.7. The van der Waals surface area contributed by atoms with Crippen LogP contribution in [0.3, 0.4) is 0 Å². The molecule has 0 spiro atoms. The SMILES string of the molecule is CCCCCCCCCCc1ccc(OCC2COCCOCCOCCOCCOCCO2)c(C(=O)NS(=O)(=O)c2ccc([N+](=O)[O-])cc2)c1. The van der Waals surface area contributed by atoms with Crippen molar-refractivity contribution in [3.05, 3.63) is 63.7 Å². The standard InChI is InChI=1S/C36H54N2O12S/c1-2-3-4-5-6-7-8-9-10-30-11-16-35(34(27-30)36(39)37-51(42,43)33-14-12-31(13-15-33)38(40)41)50-29-32-28-48-24-23-46-20-19-44-17-18-45-21-22-47-25-26-49-32/h11-16,27,32H,2-10,17-26,28-29H2,1H3,(H,37,39). The van der Waals surface area contributed by atoms with Crippen LogP contribution in [0.5, 0.6) is 5.75 Å². The number of benzene rings is 2. The van der Waals surface area contributed by atoms with Gasteiger partial charge in [-0.1, -0.05) is 57.9 Å². The zero-order valence-corrected chi connectivity index (χ0v) is 30.5. The largest absolute Gasteiger partial charge is 0.490 e. The van der Waals surface area contributed by atoms with Gasteiger partial charge in [0.2, 0.25) is 0 Å². The number of hydrogen-bond acceptors (Lipinski definition) is 12. The highest BCUT2D eigenvalue weighted by atomic mass is 32.2. The van der Waals surface area contributed by atoms with Crippen LogP contribution in [-0.4, -0.2) is 105 Å². The van der Waals surface area contributed by atoms with Gasteiger partial charge in [-0.2, -0.15) is 0 Å². The third kappa shape index (κ3) is 17.3. The van der Waals surface area contributed by atoms with Crippen molar-refractivity contribution < 1.29 is 51.3 Å². The maximum atomic E-state index is 13.6. The van der Waals surface area contributed by atoms with E-state index < -0.39 is 27.0 Å². The lowest BCUT2D eigenvalue weighted by Crippen LogP contribution is -2.32. The number of amides is 1. The predicted molar refractivity (Wildman–Crippen MR) is 190 cm³/mol. The molecule has 0 aliphatic carbocycles. The molecule has 1 fully saturated rings. The molecule has 1 aliphatic heterocycles. The molecule has 1 heterocycles. The number of carbonyl (C=O) groups excluding carboxylic acids is 1. The van der Waals surface area contributed by atoms with Crippen molar-refractivity contribution in [2.24, 2.45) is 0 Å². The van der Waals surface area contributed by atoms with Crippen molar-refractivity contribution in [2.75, 3.05) is 79.3 Å². The third-order valence-corrected chi connectivity index (χ3v) is 9.34. The summed E-state index contributed by atoms with van der Waals surface area (Å²) in [5.41, 5.74) is 0.638. The summed E-state index contributed by atoms with van der Waals surface area (Å²) in [6.07, 6.45) is 9.43. The summed E-state index contributed by atoms with van der Waals surface area (Å²) in [7, 11) is -4.35. The van der Waals surface area contributed by atoms with Gasteiger partial charge in [0.1, 0.15) is 18.5 Å². The average Bonchev–Trinajstić information content (AvgIpc) is 3.12. The molecule has 286 valence electrons. The Bertz CT molecular complexity index is 1370. The quantitative estimate of drug-likeness (QED) is 0.135. The van der Waals surface area contributed by atoms with E-state index in [1.165, 1.54) is 32.1 Å². The maximum Gasteiger partial charge on any atom is 0.269 e. The molecule has 2 aromatic rings. The number of aryl methyl sites for hydroxylation is 1. The third-order valence-electron chi connectivity index (χ3n) is 7.99. The molecule has 1 atom stereocenters. The van der Waals surface area contributed by atoms with Crippen molar-refractivity contribution in [3.8, 4) is 5.75 Å². The normalized spacial score (nSPS) is 17.5. The van der Waals surface area contributed by atoms with Crippen molar-refractivity contribution in [1.29, 1.82) is 0 Å². The van der Waals surface area contributed by atoms with Gasteiger partial charge in [-0.3, -0.25) is 14.9 Å². The van der Waals surface area contributed by atoms with E-state index in [0.717, 1.165) is 49.1 Å². The molecule has 15 heteroatoms. The van der Waals surface area contributed by atoms with E-state index in [2.05, 4.69) is 11.6 Å². The number of nitrogens with zero attached hydrogens (tertiary/aromatic N) is 1. The molecule has 3 rings (SSSR count). The van der Waals surface area contributed by atoms with Crippen LogP contribution in [0.15, 0.2) is 47.4 Å². The van der Waals surface area contributed by atoms with E-state index in [1.807, 2.05) is 6.07 Å². The van der Waals surface area contributed by atoms with Crippen molar-refractivity contribution >= 4 is 21.6 Å². The van der Waals surface area contributed by atoms with Gasteiger partial charge in [0, 0.05) is 12.1 Å². The summed E-state index contributed by atoms with van der Waals surface area (Å²) in [5, 5.41) is 11.0. The molecule has 1 aliphatic rings. The molecule has 0 bridgehead atoms. The highest BCUT2D eigenvalue weighted by Gasteiger charge is 2.23. The summed E-state index contributed by atoms with van der Waals surface area (Å²) < 4.78 is 68.3. The van der Waals surface area contributed by atoms with Crippen molar-refractivity contribution in [2.45, 2.75) is 75.7 Å². The topological polar surface area (TPSA) is 171 Å². The zero-order chi connectivity index (χ0) is 36.6. The summed E-state index contributed by atoms with van der Waals surface area (Å²) >= 11 is 0. The van der Waals surface area contributed by atoms with Gasteiger partial charge in [0.05, 0.1) is 88.1 Å². The minimum Gasteiger partial charge on any atom is -0.490 e. The molecule has 1 N–H and O–H groups in total. The lowest BCUT2D eigenvalue weighted by atomic mass is 10.0. The molecule has 1 saturated heterocycles. The number of non-ortho nitro benzene ring substituents is 1. The monoisotopic (exact) mass is 738 g/mol. The lowest BCUT2D eigenvalue weighted by Gasteiger charge is -2.20. The van der Waals surface area contributed by atoms with Crippen LogP contribution in [0.1, 0.15) is 74.2 Å². The molecule has 0 aromatic heterocycles. The van der Waals surface area contributed by atoms with Crippen LogP contribution in [-0.2, 0) is 44.9 Å².